The third kappa shape index (κ3) is 5.19. The predicted octanol–water partition coefficient (Wildman–Crippen LogP) is 4.81. The number of amides is 1. The van der Waals surface area contributed by atoms with Gasteiger partial charge in [-0.2, -0.15) is 8.78 Å². The number of nitrogens with one attached hydrogen (secondary N) is 1. The molecule has 26 heavy (non-hydrogen) atoms. The molecule has 1 fully saturated rings. The fraction of sp³-hybridized carbons (Fsp3) is 0.316. The molecule has 1 heterocycles. The molecule has 1 atom stereocenters. The van der Waals surface area contributed by atoms with Crippen LogP contribution in [0.3, 0.4) is 0 Å². The largest absolute Gasteiger partial charge is 0.435 e. The number of thioether (sulfide) groups is 1. The molecular weight excluding hydrogens is 360 g/mol. The Bertz CT molecular complexity index is 734. The molecule has 0 aromatic heterocycles. The number of ether oxygens (including phenoxy) is 2. The van der Waals surface area contributed by atoms with E-state index in [0.717, 1.165) is 30.1 Å². The molecule has 1 N–H and O–H groups in total. The van der Waals surface area contributed by atoms with E-state index in [0.29, 0.717) is 11.3 Å². The van der Waals surface area contributed by atoms with Crippen molar-refractivity contribution in [3.8, 4) is 5.75 Å². The van der Waals surface area contributed by atoms with Gasteiger partial charge >= 0.3 is 6.61 Å². The van der Waals surface area contributed by atoms with Crippen LogP contribution < -0.4 is 10.1 Å². The second-order valence-corrected chi connectivity index (χ2v) is 6.86. The summed E-state index contributed by atoms with van der Waals surface area (Å²) in [6.45, 7) is -2.07. The van der Waals surface area contributed by atoms with Crippen LogP contribution in [0.1, 0.15) is 23.2 Å². The molecule has 0 bridgehead atoms. The number of carbonyl (C=O) groups is 1. The molecule has 138 valence electrons. The maximum absolute atomic E-state index is 12.6. The normalized spacial score (nSPS) is 16.7. The van der Waals surface area contributed by atoms with Gasteiger partial charge in [-0.05, 0) is 49.2 Å². The van der Waals surface area contributed by atoms with Crippen molar-refractivity contribution >= 4 is 23.4 Å². The Morgan fingerprint density at radius 2 is 2.00 bits per heavy atom. The van der Waals surface area contributed by atoms with Crippen molar-refractivity contribution < 1.29 is 23.0 Å². The van der Waals surface area contributed by atoms with Crippen LogP contribution in [0.5, 0.6) is 5.75 Å². The van der Waals surface area contributed by atoms with E-state index in [1.807, 2.05) is 18.2 Å². The number of carbonyl (C=O) groups excluding carboxylic acids is 1. The lowest BCUT2D eigenvalue weighted by Gasteiger charge is -2.12. The summed E-state index contributed by atoms with van der Waals surface area (Å²) in [5, 5.41) is 2.78. The number of rotatable bonds is 7. The third-order valence-corrected chi connectivity index (χ3v) is 5.12. The highest BCUT2D eigenvalue weighted by Crippen LogP contribution is 2.27. The van der Waals surface area contributed by atoms with Gasteiger partial charge in [0.05, 0.1) is 11.7 Å². The maximum Gasteiger partial charge on any atom is 0.387 e. The van der Waals surface area contributed by atoms with Gasteiger partial charge in [0.15, 0.2) is 0 Å². The summed E-state index contributed by atoms with van der Waals surface area (Å²) in [6.07, 6.45) is 2.37. The van der Waals surface area contributed by atoms with Gasteiger partial charge in [-0.25, -0.2) is 0 Å². The second-order valence-electron chi connectivity index (χ2n) is 5.80. The smallest absolute Gasteiger partial charge is 0.387 e. The van der Waals surface area contributed by atoms with Gasteiger partial charge in [-0.1, -0.05) is 12.1 Å². The van der Waals surface area contributed by atoms with Crippen molar-refractivity contribution in [3.63, 3.8) is 0 Å². The monoisotopic (exact) mass is 379 g/mol. The summed E-state index contributed by atoms with van der Waals surface area (Å²) < 4.78 is 34.3. The van der Waals surface area contributed by atoms with E-state index in [1.165, 1.54) is 24.3 Å². The minimum Gasteiger partial charge on any atom is -0.435 e. The highest BCUT2D eigenvalue weighted by atomic mass is 32.2. The summed E-state index contributed by atoms with van der Waals surface area (Å²) in [6, 6.07) is 13.2. The van der Waals surface area contributed by atoms with Gasteiger partial charge in [-0.15, -0.1) is 11.8 Å². The number of alkyl halides is 2. The second kappa shape index (κ2) is 9.00. The van der Waals surface area contributed by atoms with Gasteiger partial charge in [0, 0.05) is 22.9 Å². The van der Waals surface area contributed by atoms with Crippen LogP contribution in [0.15, 0.2) is 53.4 Å². The molecule has 0 spiro atoms. The topological polar surface area (TPSA) is 47.6 Å². The fourth-order valence-corrected chi connectivity index (χ4v) is 3.78. The van der Waals surface area contributed by atoms with E-state index in [1.54, 1.807) is 17.8 Å². The van der Waals surface area contributed by atoms with Crippen LogP contribution in [0.25, 0.3) is 0 Å². The van der Waals surface area contributed by atoms with E-state index < -0.39 is 6.61 Å². The zero-order chi connectivity index (χ0) is 18.4. The Morgan fingerprint density at radius 3 is 2.69 bits per heavy atom. The molecule has 1 aliphatic heterocycles. The first-order chi connectivity index (χ1) is 12.6. The minimum absolute atomic E-state index is 0.0468. The molecule has 1 amide bonds. The van der Waals surface area contributed by atoms with Gasteiger partial charge in [0.2, 0.25) is 0 Å². The van der Waals surface area contributed by atoms with E-state index in [4.69, 9.17) is 4.74 Å². The molecule has 0 saturated carbocycles. The number of benzene rings is 2. The molecule has 0 unspecified atom stereocenters. The first kappa shape index (κ1) is 18.7. The van der Waals surface area contributed by atoms with E-state index in [-0.39, 0.29) is 17.8 Å². The first-order valence-electron chi connectivity index (χ1n) is 8.31. The minimum atomic E-state index is -2.87. The molecular formula is C19H19F2NO3S. The van der Waals surface area contributed by atoms with Crippen LogP contribution in [-0.2, 0) is 4.74 Å². The number of anilines is 1. The Hall–Kier alpha value is -2.12. The van der Waals surface area contributed by atoms with Crippen molar-refractivity contribution in [3.05, 3.63) is 54.1 Å². The van der Waals surface area contributed by atoms with Crippen molar-refractivity contribution in [1.29, 1.82) is 0 Å². The lowest BCUT2D eigenvalue weighted by atomic mass is 10.2. The van der Waals surface area contributed by atoms with E-state index in [9.17, 15) is 13.6 Å². The van der Waals surface area contributed by atoms with E-state index in [2.05, 4.69) is 10.1 Å². The Labute approximate surface area is 154 Å². The average molecular weight is 379 g/mol. The van der Waals surface area contributed by atoms with Crippen molar-refractivity contribution in [2.45, 2.75) is 30.5 Å². The third-order valence-electron chi connectivity index (χ3n) is 3.92. The molecule has 2 aromatic carbocycles. The molecule has 7 heteroatoms. The summed E-state index contributed by atoms with van der Waals surface area (Å²) >= 11 is 1.60. The molecule has 0 radical (unpaired) electrons. The van der Waals surface area contributed by atoms with Crippen LogP contribution in [0, 0.1) is 0 Å². The van der Waals surface area contributed by atoms with Crippen molar-refractivity contribution in [2.24, 2.45) is 0 Å². The molecule has 3 rings (SSSR count). The zero-order valence-electron chi connectivity index (χ0n) is 14.0. The summed E-state index contributed by atoms with van der Waals surface area (Å²) in [5.41, 5.74) is 1.08. The SMILES string of the molecule is O=C(Nc1ccc(OC(F)F)cc1)c1ccccc1SC[C@@H]1CCCO1. The van der Waals surface area contributed by atoms with Crippen LogP contribution in [0.2, 0.25) is 0 Å². The standard InChI is InChI=1S/C19H19F2NO3S/c20-19(21)25-14-9-7-13(8-10-14)22-18(23)16-5-1-2-6-17(16)26-12-15-4-3-11-24-15/h1-2,5-10,15,19H,3-4,11-12H2,(H,22,23)/t15-/m0/s1. The molecule has 2 aromatic rings. The zero-order valence-corrected chi connectivity index (χ0v) is 14.8. The quantitative estimate of drug-likeness (QED) is 0.701. The molecule has 1 saturated heterocycles. The van der Waals surface area contributed by atoms with Gasteiger partial charge < -0.3 is 14.8 Å². The first-order valence-corrected chi connectivity index (χ1v) is 9.30. The van der Waals surface area contributed by atoms with Gasteiger partial charge in [0.1, 0.15) is 5.75 Å². The highest BCUT2D eigenvalue weighted by molar-refractivity contribution is 7.99. The van der Waals surface area contributed by atoms with Gasteiger partial charge in [0.25, 0.3) is 5.91 Å². The number of hydrogen-bond donors (Lipinski definition) is 1. The lowest BCUT2D eigenvalue weighted by molar-refractivity contribution is -0.0498. The fourth-order valence-electron chi connectivity index (χ4n) is 2.66. The highest BCUT2D eigenvalue weighted by Gasteiger charge is 2.18. The number of halogens is 2. The van der Waals surface area contributed by atoms with Crippen LogP contribution in [-0.4, -0.2) is 31.0 Å². The Balaban J connectivity index is 1.63. The summed E-state index contributed by atoms with van der Waals surface area (Å²) in [7, 11) is 0. The number of hydrogen-bond acceptors (Lipinski definition) is 4. The van der Waals surface area contributed by atoms with Crippen molar-refractivity contribution in [1.82, 2.24) is 0 Å². The van der Waals surface area contributed by atoms with Crippen LogP contribution in [0.4, 0.5) is 14.5 Å². The molecule has 1 aliphatic rings. The molecule has 4 nitrogen and oxygen atoms in total. The average Bonchev–Trinajstić information content (AvgIpc) is 3.15. The summed E-state index contributed by atoms with van der Waals surface area (Å²) in [4.78, 5) is 13.5. The van der Waals surface area contributed by atoms with E-state index >= 15 is 0 Å². The lowest BCUT2D eigenvalue weighted by Crippen LogP contribution is -2.14. The van der Waals surface area contributed by atoms with Gasteiger partial charge in [-0.3, -0.25) is 4.79 Å². The molecule has 0 aliphatic carbocycles. The summed E-state index contributed by atoms with van der Waals surface area (Å²) in [5.74, 6) is 0.609. The Morgan fingerprint density at radius 1 is 1.23 bits per heavy atom. The predicted molar refractivity (Wildman–Crippen MR) is 97.2 cm³/mol. The Kier molecular flexibility index (Phi) is 6.46. The maximum atomic E-state index is 12.6. The van der Waals surface area contributed by atoms with Crippen molar-refractivity contribution in [2.75, 3.05) is 17.7 Å². The van der Waals surface area contributed by atoms with Crippen LogP contribution >= 0.6 is 11.8 Å².